The molecule has 2 fully saturated rings. The minimum Gasteiger partial charge on any atom is -0.494 e. The Labute approximate surface area is 253 Å². The topological polar surface area (TPSA) is 142 Å². The Hall–Kier alpha value is -4.10. The fraction of sp³-hybridized carbons (Fsp3) is 0.448. The quantitative estimate of drug-likeness (QED) is 0.339. The maximum absolute atomic E-state index is 13.5. The van der Waals surface area contributed by atoms with Crippen LogP contribution in [0.1, 0.15) is 55.6 Å². The predicted molar refractivity (Wildman–Crippen MR) is 162 cm³/mol. The Balaban J connectivity index is 1.44. The van der Waals surface area contributed by atoms with Gasteiger partial charge >= 0.3 is 0 Å². The first-order chi connectivity index (χ1) is 21.3. The summed E-state index contributed by atoms with van der Waals surface area (Å²) < 4.78 is 28.1. The SMILES string of the molecule is [2H]C([2H])([2H])NC(=O)c1nnc(NC(=O)C2CC2)cc1Nc1cccc(-c2nc(C)c(C(=O)N3CCC(N(C)C)CC3)s2)c1OC. The highest BCUT2D eigenvalue weighted by molar-refractivity contribution is 7.17. The van der Waals surface area contributed by atoms with Gasteiger partial charge in [0.1, 0.15) is 9.88 Å². The highest BCUT2D eigenvalue weighted by atomic mass is 32.1. The number of hydrogen-bond donors (Lipinski definition) is 3. The van der Waals surface area contributed by atoms with Gasteiger partial charge in [-0.3, -0.25) is 14.4 Å². The van der Waals surface area contributed by atoms with E-state index in [0.717, 1.165) is 25.7 Å². The molecule has 1 saturated carbocycles. The van der Waals surface area contributed by atoms with Gasteiger partial charge in [-0.15, -0.1) is 21.5 Å². The van der Waals surface area contributed by atoms with Crippen LogP contribution in [0, 0.1) is 12.8 Å². The smallest absolute Gasteiger partial charge is 0.273 e. The normalized spacial score (nSPS) is 16.8. The highest BCUT2D eigenvalue weighted by Gasteiger charge is 2.31. The number of likely N-dealkylation sites (tertiary alicyclic amines) is 1. The summed E-state index contributed by atoms with van der Waals surface area (Å²) in [7, 11) is 5.60. The zero-order valence-electron chi connectivity index (χ0n) is 27.0. The van der Waals surface area contributed by atoms with Crippen molar-refractivity contribution in [3.8, 4) is 16.3 Å². The van der Waals surface area contributed by atoms with Crippen LogP contribution in [0.25, 0.3) is 10.6 Å². The number of thiazole rings is 1. The number of nitrogens with zero attached hydrogens (tertiary/aromatic N) is 5. The number of amides is 3. The molecule has 13 heteroatoms. The average molecular weight is 596 g/mol. The molecule has 222 valence electrons. The van der Waals surface area contributed by atoms with Gasteiger partial charge in [0.25, 0.3) is 11.8 Å². The van der Waals surface area contributed by atoms with E-state index in [-0.39, 0.29) is 34.9 Å². The Morgan fingerprint density at radius 1 is 1.12 bits per heavy atom. The van der Waals surface area contributed by atoms with Crippen molar-refractivity contribution in [3.05, 3.63) is 40.5 Å². The number of anilines is 3. The summed E-state index contributed by atoms with van der Waals surface area (Å²) in [5.74, 6) is -0.852. The van der Waals surface area contributed by atoms with Crippen molar-refractivity contribution in [2.24, 2.45) is 5.92 Å². The zero-order chi connectivity index (χ0) is 32.5. The van der Waals surface area contributed by atoms with Gasteiger partial charge < -0.3 is 30.5 Å². The molecule has 1 saturated heterocycles. The maximum Gasteiger partial charge on any atom is 0.273 e. The fourth-order valence-electron chi connectivity index (χ4n) is 4.96. The lowest BCUT2D eigenvalue weighted by molar-refractivity contribution is -0.117. The minimum absolute atomic E-state index is 0.0461. The standard InChI is InChI=1S/C29H36N8O4S/c1-16-25(29(40)37-13-11-18(12-14-37)36(3)4)42-28(31-16)19-7-6-8-20(24(19)41-5)32-21-15-22(33-26(38)17-9-10-17)34-35-23(21)27(39)30-2/h6-8,15,17-18H,9-14H2,1-5H3,(H,30,39)(H2,32,33,34,38)/i2D3. The van der Waals surface area contributed by atoms with E-state index in [9.17, 15) is 14.4 Å². The number of rotatable bonds is 9. The third-order valence-corrected chi connectivity index (χ3v) is 8.69. The summed E-state index contributed by atoms with van der Waals surface area (Å²) >= 11 is 1.28. The first-order valence-corrected chi connectivity index (χ1v) is 14.5. The van der Waals surface area contributed by atoms with Gasteiger partial charge in [0.15, 0.2) is 17.3 Å². The predicted octanol–water partition coefficient (Wildman–Crippen LogP) is 3.54. The number of aryl methyl sites for hydroxylation is 1. The van der Waals surface area contributed by atoms with Crippen LogP contribution in [0.3, 0.4) is 0 Å². The Bertz CT molecular complexity index is 1600. The van der Waals surface area contributed by atoms with Crippen LogP contribution >= 0.6 is 11.3 Å². The monoisotopic (exact) mass is 595 g/mol. The van der Waals surface area contributed by atoms with Crippen molar-refractivity contribution < 1.29 is 23.2 Å². The maximum atomic E-state index is 13.5. The van der Waals surface area contributed by atoms with Crippen LogP contribution in [-0.4, -0.2) is 90.0 Å². The molecular formula is C29H36N8O4S. The van der Waals surface area contributed by atoms with Crippen molar-refractivity contribution in [1.82, 2.24) is 30.3 Å². The molecule has 5 rings (SSSR count). The number of methoxy groups -OCH3 is 1. The van der Waals surface area contributed by atoms with Gasteiger partial charge in [0, 0.05) is 42.2 Å². The molecule has 0 bridgehead atoms. The number of hydrogen-bond acceptors (Lipinski definition) is 10. The molecule has 0 spiro atoms. The third-order valence-electron chi connectivity index (χ3n) is 7.51. The Kier molecular flexibility index (Phi) is 7.56. The summed E-state index contributed by atoms with van der Waals surface area (Å²) in [6.45, 7) is 0.409. The molecule has 0 unspecified atom stereocenters. The van der Waals surface area contributed by atoms with Gasteiger partial charge in [0.2, 0.25) is 5.91 Å². The summed E-state index contributed by atoms with van der Waals surface area (Å²) in [4.78, 5) is 48.1. The first kappa shape index (κ1) is 25.6. The van der Waals surface area contributed by atoms with E-state index >= 15 is 0 Å². The van der Waals surface area contributed by atoms with Crippen molar-refractivity contribution in [2.75, 3.05) is 51.9 Å². The van der Waals surface area contributed by atoms with E-state index in [0.29, 0.717) is 51.7 Å². The lowest BCUT2D eigenvalue weighted by atomic mass is 10.0. The summed E-state index contributed by atoms with van der Waals surface area (Å²) in [6, 6.07) is 7.15. The van der Waals surface area contributed by atoms with Crippen molar-refractivity contribution in [1.29, 1.82) is 0 Å². The van der Waals surface area contributed by atoms with Gasteiger partial charge in [-0.25, -0.2) is 4.98 Å². The molecule has 1 aromatic carbocycles. The molecule has 3 amide bonds. The molecule has 2 aromatic heterocycles. The van der Waals surface area contributed by atoms with Crippen LogP contribution in [-0.2, 0) is 4.79 Å². The van der Waals surface area contributed by atoms with Gasteiger partial charge in [-0.05, 0) is 58.8 Å². The van der Waals surface area contributed by atoms with E-state index in [1.54, 1.807) is 12.1 Å². The first-order valence-electron chi connectivity index (χ1n) is 15.2. The lowest BCUT2D eigenvalue weighted by Gasteiger charge is -2.35. The molecule has 12 nitrogen and oxygen atoms in total. The van der Waals surface area contributed by atoms with Crippen molar-refractivity contribution >= 4 is 46.3 Å². The summed E-state index contributed by atoms with van der Waals surface area (Å²) in [6.07, 6.45) is 3.39. The summed E-state index contributed by atoms with van der Waals surface area (Å²) in [5, 5.41) is 16.2. The van der Waals surface area contributed by atoms with Crippen molar-refractivity contribution in [3.63, 3.8) is 0 Å². The number of carbonyl (C=O) groups is 3. The van der Waals surface area contributed by atoms with E-state index in [4.69, 9.17) is 13.8 Å². The van der Waals surface area contributed by atoms with Crippen LogP contribution in [0.15, 0.2) is 24.3 Å². The average Bonchev–Trinajstić information content (AvgIpc) is 3.77. The summed E-state index contributed by atoms with van der Waals surface area (Å²) in [5.41, 5.74) is 1.45. The second kappa shape index (κ2) is 12.4. The molecule has 1 aliphatic heterocycles. The number of benzene rings is 1. The molecular weight excluding hydrogens is 556 g/mol. The van der Waals surface area contributed by atoms with Gasteiger partial charge in [-0.1, -0.05) is 6.07 Å². The van der Waals surface area contributed by atoms with E-state index in [1.807, 2.05) is 23.2 Å². The van der Waals surface area contributed by atoms with Crippen LogP contribution in [0.2, 0.25) is 0 Å². The van der Waals surface area contributed by atoms with Gasteiger partial charge in [0.05, 0.1) is 29.7 Å². The molecule has 2 aliphatic rings. The number of aromatic nitrogens is 3. The zero-order valence-corrected chi connectivity index (χ0v) is 24.8. The molecule has 0 atom stereocenters. The van der Waals surface area contributed by atoms with E-state index in [1.165, 1.54) is 24.5 Å². The molecule has 3 heterocycles. The molecule has 0 radical (unpaired) electrons. The number of piperidine rings is 1. The highest BCUT2D eigenvalue weighted by Crippen LogP contribution is 2.41. The number of nitrogens with one attached hydrogen (secondary N) is 3. The Morgan fingerprint density at radius 2 is 1.88 bits per heavy atom. The molecule has 1 aliphatic carbocycles. The largest absolute Gasteiger partial charge is 0.494 e. The third kappa shape index (κ3) is 6.21. The molecule has 3 aromatic rings. The van der Waals surface area contributed by atoms with Gasteiger partial charge in [-0.2, -0.15) is 0 Å². The van der Waals surface area contributed by atoms with Crippen LogP contribution in [0.4, 0.5) is 17.2 Å². The van der Waals surface area contributed by atoms with Crippen molar-refractivity contribution in [2.45, 2.75) is 38.6 Å². The lowest BCUT2D eigenvalue weighted by Crippen LogP contribution is -2.44. The second-order valence-corrected chi connectivity index (χ2v) is 11.6. The number of ether oxygens (including phenoxy) is 1. The minimum atomic E-state index is -2.76. The Morgan fingerprint density at radius 3 is 2.55 bits per heavy atom. The molecule has 42 heavy (non-hydrogen) atoms. The van der Waals surface area contributed by atoms with E-state index < -0.39 is 12.9 Å². The van der Waals surface area contributed by atoms with Crippen LogP contribution in [0.5, 0.6) is 5.75 Å². The van der Waals surface area contributed by atoms with Crippen LogP contribution < -0.4 is 20.7 Å². The fourth-order valence-corrected chi connectivity index (χ4v) is 6.01. The number of carbonyl (C=O) groups excluding carboxylic acids is 3. The number of para-hydroxylation sites is 1. The van der Waals surface area contributed by atoms with E-state index in [2.05, 4.69) is 39.8 Å². The second-order valence-electron chi connectivity index (χ2n) is 10.6. The molecule has 3 N–H and O–H groups in total.